The van der Waals surface area contributed by atoms with E-state index in [-0.39, 0.29) is 13.4 Å². The Labute approximate surface area is 566 Å². The zero-order chi connectivity index (χ0) is 65.4. The van der Waals surface area contributed by atoms with Crippen molar-refractivity contribution in [2.75, 3.05) is 29.4 Å². The van der Waals surface area contributed by atoms with Gasteiger partial charge in [0.15, 0.2) is 0 Å². The number of hydrogen-bond acceptors (Lipinski definition) is 6. The number of benzene rings is 13. The fourth-order valence-corrected chi connectivity index (χ4v) is 15.6. The van der Waals surface area contributed by atoms with Gasteiger partial charge in [-0.25, -0.2) is 0 Å². The standard InChI is InChI=1S/C88H74B2N6/c1-55-14-31-65(32-15-55)91(66-33-16-56(2)17-34-66)73-49-82-87-83(50-73)95(71-43-26-61(7)27-44-71)80-54-81-77(53-76(80)89(87)75-48-63(9)30-47-78(75)93(82)69-39-22-59(5)23-40-69)90-86-64(10)12-11-13-79(86)94(70-41-24-60(6)25-42-70)84-51-74(52-85(88(84)90)96(81)72-45-28-62(8)29-46-72)92(67-35-18-57(3)19-36-67)68-37-20-58(4)21-38-68/h11-54H,1-10H3. The minimum absolute atomic E-state index is 0.172. The van der Waals surface area contributed by atoms with Crippen molar-refractivity contribution in [3.05, 3.63) is 323 Å². The molecular weight excluding hydrogens is 1160 g/mol. The van der Waals surface area contributed by atoms with Crippen molar-refractivity contribution >= 4 is 149 Å². The van der Waals surface area contributed by atoms with Crippen LogP contribution in [0.15, 0.2) is 267 Å². The molecule has 13 aromatic carbocycles. The molecule has 0 spiro atoms. The second-order valence-corrected chi connectivity index (χ2v) is 27.4. The van der Waals surface area contributed by atoms with Gasteiger partial charge in [-0.1, -0.05) is 183 Å². The number of fused-ring (bicyclic) bond motifs is 8. The van der Waals surface area contributed by atoms with Crippen molar-refractivity contribution in [2.24, 2.45) is 0 Å². The number of nitrogens with zero attached hydrogens (tertiary/aromatic N) is 6. The molecular formula is C88H74B2N6. The van der Waals surface area contributed by atoms with Gasteiger partial charge in [0, 0.05) is 91.0 Å². The maximum absolute atomic E-state index is 2.67. The average molecular weight is 1240 g/mol. The van der Waals surface area contributed by atoms with Crippen molar-refractivity contribution in [3.63, 3.8) is 0 Å². The van der Waals surface area contributed by atoms with Crippen LogP contribution in [0.25, 0.3) is 0 Å². The van der Waals surface area contributed by atoms with Crippen molar-refractivity contribution in [2.45, 2.75) is 69.2 Å². The molecule has 0 amide bonds. The summed E-state index contributed by atoms with van der Waals surface area (Å²) < 4.78 is 0. The van der Waals surface area contributed by atoms with Crippen LogP contribution in [0, 0.1) is 69.2 Å². The van der Waals surface area contributed by atoms with E-state index in [0.717, 1.165) is 91.0 Å². The van der Waals surface area contributed by atoms with Crippen molar-refractivity contribution < 1.29 is 0 Å². The average Bonchev–Trinajstić information content (AvgIpc) is 0.686. The summed E-state index contributed by atoms with van der Waals surface area (Å²) in [7, 11) is 0. The molecule has 0 aliphatic carbocycles. The smallest absolute Gasteiger partial charge is 0.252 e. The Balaban J connectivity index is 1.01. The summed E-state index contributed by atoms with van der Waals surface area (Å²) in [6.45, 7) is 21.7. The summed E-state index contributed by atoms with van der Waals surface area (Å²) in [4.78, 5) is 15.3. The van der Waals surface area contributed by atoms with Gasteiger partial charge in [-0.2, -0.15) is 0 Å². The first kappa shape index (κ1) is 58.6. The summed E-state index contributed by atoms with van der Waals surface area (Å²) in [5.41, 5.74) is 40.0. The molecule has 4 aliphatic heterocycles. The van der Waals surface area contributed by atoms with Gasteiger partial charge in [-0.3, -0.25) is 0 Å². The Hall–Kier alpha value is -11.2. The first-order valence-corrected chi connectivity index (χ1v) is 33.8. The third-order valence-corrected chi connectivity index (χ3v) is 20.5. The van der Waals surface area contributed by atoms with E-state index in [1.165, 1.54) is 99.8 Å². The molecule has 0 N–H and O–H groups in total. The summed E-state index contributed by atoms with van der Waals surface area (Å²) >= 11 is 0. The van der Waals surface area contributed by atoms with Crippen LogP contribution >= 0.6 is 0 Å². The Morgan fingerprint density at radius 3 is 0.865 bits per heavy atom. The molecule has 96 heavy (non-hydrogen) atoms. The zero-order valence-electron chi connectivity index (χ0n) is 56.2. The number of hydrogen-bond donors (Lipinski definition) is 0. The lowest BCUT2D eigenvalue weighted by Gasteiger charge is -2.48. The largest absolute Gasteiger partial charge is 0.311 e. The molecule has 8 heteroatoms. The molecule has 0 radical (unpaired) electrons. The topological polar surface area (TPSA) is 19.4 Å². The molecule has 0 saturated carbocycles. The van der Waals surface area contributed by atoms with E-state index in [1.54, 1.807) is 0 Å². The first-order chi connectivity index (χ1) is 46.7. The minimum Gasteiger partial charge on any atom is -0.311 e. The molecule has 17 rings (SSSR count). The zero-order valence-corrected chi connectivity index (χ0v) is 56.2. The molecule has 13 aromatic rings. The minimum atomic E-state index is -0.174. The van der Waals surface area contributed by atoms with Crippen LogP contribution in [0.1, 0.15) is 55.6 Å². The van der Waals surface area contributed by atoms with Crippen molar-refractivity contribution in [1.29, 1.82) is 0 Å². The highest BCUT2D eigenvalue weighted by Gasteiger charge is 2.49. The Kier molecular flexibility index (Phi) is 13.9. The van der Waals surface area contributed by atoms with Gasteiger partial charge in [0.2, 0.25) is 0 Å². The monoisotopic (exact) mass is 1240 g/mol. The van der Waals surface area contributed by atoms with Crippen LogP contribution in [0.3, 0.4) is 0 Å². The van der Waals surface area contributed by atoms with Crippen LogP contribution in [-0.2, 0) is 0 Å². The molecule has 0 atom stereocenters. The lowest BCUT2D eigenvalue weighted by molar-refractivity contribution is 1.21. The molecule has 0 fully saturated rings. The van der Waals surface area contributed by atoms with Crippen LogP contribution in [0.5, 0.6) is 0 Å². The lowest BCUT2D eigenvalue weighted by Crippen LogP contribution is -2.65. The molecule has 0 aromatic heterocycles. The molecule has 4 aliphatic rings. The molecule has 6 nitrogen and oxygen atoms in total. The van der Waals surface area contributed by atoms with Gasteiger partial charge < -0.3 is 29.4 Å². The van der Waals surface area contributed by atoms with Gasteiger partial charge in [0.05, 0.1) is 11.4 Å². The highest BCUT2D eigenvalue weighted by Crippen LogP contribution is 2.53. The van der Waals surface area contributed by atoms with E-state index < -0.39 is 0 Å². The van der Waals surface area contributed by atoms with Crippen molar-refractivity contribution in [3.8, 4) is 0 Å². The maximum atomic E-state index is 2.67. The molecule has 0 bridgehead atoms. The Bertz CT molecular complexity index is 5130. The fourth-order valence-electron chi connectivity index (χ4n) is 15.6. The van der Waals surface area contributed by atoms with Gasteiger partial charge in [-0.15, -0.1) is 0 Å². The highest BCUT2D eigenvalue weighted by atomic mass is 15.2. The Morgan fingerprint density at radius 2 is 0.500 bits per heavy atom. The van der Waals surface area contributed by atoms with Gasteiger partial charge in [0.1, 0.15) is 0 Å². The van der Waals surface area contributed by atoms with Crippen LogP contribution < -0.4 is 62.2 Å². The lowest BCUT2D eigenvalue weighted by atomic mass is 9.30. The highest BCUT2D eigenvalue weighted by molar-refractivity contribution is 7.03. The fraction of sp³-hybridized carbons (Fsp3) is 0.114. The third kappa shape index (κ3) is 9.63. The van der Waals surface area contributed by atoms with Crippen molar-refractivity contribution in [1.82, 2.24) is 0 Å². The van der Waals surface area contributed by atoms with E-state index in [0.29, 0.717) is 0 Å². The summed E-state index contributed by atoms with van der Waals surface area (Å²) in [5.74, 6) is 0. The maximum Gasteiger partial charge on any atom is 0.252 e. The summed E-state index contributed by atoms with van der Waals surface area (Å²) in [6.07, 6.45) is 0. The molecule has 0 unspecified atom stereocenters. The van der Waals surface area contributed by atoms with E-state index >= 15 is 0 Å². The van der Waals surface area contributed by atoms with E-state index in [1.807, 2.05) is 0 Å². The molecule has 462 valence electrons. The van der Waals surface area contributed by atoms with E-state index in [4.69, 9.17) is 0 Å². The van der Waals surface area contributed by atoms with E-state index in [2.05, 4.69) is 366 Å². The predicted octanol–water partition coefficient (Wildman–Crippen LogP) is 19.9. The number of aryl methyl sites for hydroxylation is 10. The molecule has 4 heterocycles. The summed E-state index contributed by atoms with van der Waals surface area (Å²) in [5, 5.41) is 0. The van der Waals surface area contributed by atoms with Crippen LogP contribution in [0.2, 0.25) is 0 Å². The SMILES string of the molecule is Cc1ccc(N(c2ccc(C)cc2)c2cc3c4c(c2)N(c2ccc(C)cc2)c2cc5c(cc2B4c2cc(C)ccc2N3c2ccc(C)cc2)B2c3c(C)cccc3N(c3ccc(C)cc3)c3cc(N(c4ccc(C)cc4)c4ccc(C)cc4)cc(c32)N5c2ccc(C)cc2)cc1. The van der Waals surface area contributed by atoms with Gasteiger partial charge >= 0.3 is 0 Å². The second kappa shape index (κ2) is 22.8. The quantitative estimate of drug-likeness (QED) is 0.126. The Morgan fingerprint density at radius 1 is 0.208 bits per heavy atom. The first-order valence-electron chi connectivity index (χ1n) is 33.8. The normalized spacial score (nSPS) is 13.0. The molecule has 0 saturated heterocycles. The second-order valence-electron chi connectivity index (χ2n) is 27.4. The summed E-state index contributed by atoms with van der Waals surface area (Å²) in [6, 6.07) is 102. The van der Waals surface area contributed by atoms with Gasteiger partial charge in [0.25, 0.3) is 13.4 Å². The third-order valence-electron chi connectivity index (χ3n) is 20.5. The number of rotatable bonds is 10. The van der Waals surface area contributed by atoms with Gasteiger partial charge in [-0.05, 0) is 242 Å². The van der Waals surface area contributed by atoms with Crippen LogP contribution in [-0.4, -0.2) is 13.4 Å². The number of anilines is 18. The predicted molar refractivity (Wildman–Crippen MR) is 411 cm³/mol. The van der Waals surface area contributed by atoms with Crippen LogP contribution in [0.4, 0.5) is 102 Å². The van der Waals surface area contributed by atoms with E-state index in [9.17, 15) is 0 Å².